The Kier molecular flexibility index (Phi) is 5.27. The minimum Gasteiger partial charge on any atom is -0.292 e. The van der Waals surface area contributed by atoms with Crippen molar-refractivity contribution >= 4 is 59.6 Å². The summed E-state index contributed by atoms with van der Waals surface area (Å²) in [5.41, 5.74) is 4.95. The zero-order chi connectivity index (χ0) is 25.6. The fraction of sp³-hybridized carbons (Fsp3) is 0. The third kappa shape index (κ3) is 3.42. The zero-order valence-electron chi connectivity index (χ0n) is 20.6. The maximum Gasteiger partial charge on any atom is 0.162 e. The number of thiophene rings is 1. The standard InChI is InChI=1S/C34H23N3S/c1-3-10-22(4-2)28-21-30(36-34(35-28)25-12-6-5-7-13-25)37-29-18-16-23-11-8-9-14-26(23)31(29)27-17-15-24-19-20-38-33(24)32(27)37/h3-21H,1-2H2/b22-10+. The van der Waals surface area contributed by atoms with Crippen molar-refractivity contribution < 1.29 is 0 Å². The quantitative estimate of drug-likeness (QED) is 0.218. The van der Waals surface area contributed by atoms with E-state index < -0.39 is 0 Å². The highest BCUT2D eigenvalue weighted by atomic mass is 32.1. The molecule has 0 radical (unpaired) electrons. The van der Waals surface area contributed by atoms with E-state index in [2.05, 4.69) is 83.8 Å². The van der Waals surface area contributed by atoms with Gasteiger partial charge in [0.05, 0.1) is 21.4 Å². The Morgan fingerprint density at radius 3 is 2.45 bits per heavy atom. The molecule has 0 unspecified atom stereocenters. The summed E-state index contributed by atoms with van der Waals surface area (Å²) in [4.78, 5) is 10.1. The van der Waals surface area contributed by atoms with E-state index in [0.29, 0.717) is 5.82 Å². The molecule has 4 aromatic carbocycles. The van der Waals surface area contributed by atoms with E-state index in [0.717, 1.165) is 28.2 Å². The van der Waals surface area contributed by atoms with Gasteiger partial charge in [0.2, 0.25) is 0 Å². The highest BCUT2D eigenvalue weighted by Gasteiger charge is 2.20. The van der Waals surface area contributed by atoms with Crippen molar-refractivity contribution in [1.82, 2.24) is 14.5 Å². The predicted molar refractivity (Wildman–Crippen MR) is 163 cm³/mol. The lowest BCUT2D eigenvalue weighted by atomic mass is 10.0. The Balaban J connectivity index is 1.66. The molecule has 7 rings (SSSR count). The van der Waals surface area contributed by atoms with Gasteiger partial charge in [-0.2, -0.15) is 0 Å². The minimum atomic E-state index is 0.670. The van der Waals surface area contributed by atoms with E-state index in [1.807, 2.05) is 42.5 Å². The van der Waals surface area contributed by atoms with E-state index in [1.165, 1.54) is 37.1 Å². The molecular weight excluding hydrogens is 482 g/mol. The lowest BCUT2D eigenvalue weighted by Gasteiger charge is -2.13. The Bertz CT molecular complexity index is 2060. The molecule has 3 heterocycles. The van der Waals surface area contributed by atoms with Crippen LogP contribution in [-0.4, -0.2) is 14.5 Å². The van der Waals surface area contributed by atoms with Gasteiger partial charge in [-0.05, 0) is 39.2 Å². The van der Waals surface area contributed by atoms with Crippen molar-refractivity contribution in [3.63, 3.8) is 0 Å². The SMILES string of the molecule is C=C/C=C(\C=C)c1cc(-n2c3ccc4ccccc4c3c3ccc4ccsc4c32)nc(-c2ccccc2)n1. The van der Waals surface area contributed by atoms with Gasteiger partial charge in [-0.15, -0.1) is 11.3 Å². The average molecular weight is 506 g/mol. The van der Waals surface area contributed by atoms with Crippen LogP contribution < -0.4 is 0 Å². The first-order valence-corrected chi connectivity index (χ1v) is 13.4. The minimum absolute atomic E-state index is 0.670. The zero-order valence-corrected chi connectivity index (χ0v) is 21.5. The van der Waals surface area contributed by atoms with Crippen LogP contribution in [0, 0.1) is 0 Å². The van der Waals surface area contributed by atoms with Crippen molar-refractivity contribution in [2.24, 2.45) is 0 Å². The predicted octanol–water partition coefficient (Wildman–Crippen LogP) is 9.36. The molecule has 180 valence electrons. The molecule has 0 fully saturated rings. The molecular formula is C34H23N3S. The summed E-state index contributed by atoms with van der Waals surface area (Å²) < 4.78 is 3.55. The van der Waals surface area contributed by atoms with Crippen LogP contribution in [0.2, 0.25) is 0 Å². The first-order chi connectivity index (χ1) is 18.8. The maximum atomic E-state index is 5.16. The smallest absolute Gasteiger partial charge is 0.162 e. The lowest BCUT2D eigenvalue weighted by Crippen LogP contribution is -2.03. The number of benzene rings is 4. The average Bonchev–Trinajstić information content (AvgIpc) is 3.59. The first kappa shape index (κ1) is 22.4. The normalized spacial score (nSPS) is 12.1. The maximum absolute atomic E-state index is 5.16. The second-order valence-corrected chi connectivity index (χ2v) is 10.1. The van der Waals surface area contributed by atoms with Crippen LogP contribution in [0.1, 0.15) is 5.69 Å². The van der Waals surface area contributed by atoms with Crippen LogP contribution in [0.5, 0.6) is 0 Å². The van der Waals surface area contributed by atoms with Crippen molar-refractivity contribution in [3.05, 3.63) is 133 Å². The van der Waals surface area contributed by atoms with Crippen molar-refractivity contribution in [3.8, 4) is 17.2 Å². The van der Waals surface area contributed by atoms with Crippen LogP contribution in [0.3, 0.4) is 0 Å². The van der Waals surface area contributed by atoms with Gasteiger partial charge in [-0.25, -0.2) is 9.97 Å². The van der Waals surface area contributed by atoms with Gasteiger partial charge in [0, 0.05) is 22.4 Å². The lowest BCUT2D eigenvalue weighted by molar-refractivity contribution is 1.04. The number of hydrogen-bond donors (Lipinski definition) is 0. The molecule has 0 spiro atoms. The van der Waals surface area contributed by atoms with Gasteiger partial charge >= 0.3 is 0 Å². The third-order valence-electron chi connectivity index (χ3n) is 7.02. The topological polar surface area (TPSA) is 30.7 Å². The summed E-state index contributed by atoms with van der Waals surface area (Å²) >= 11 is 1.76. The number of nitrogens with zero attached hydrogens (tertiary/aromatic N) is 3. The van der Waals surface area contributed by atoms with E-state index >= 15 is 0 Å². The molecule has 3 nitrogen and oxygen atoms in total. The molecule has 0 aliphatic rings. The van der Waals surface area contributed by atoms with E-state index in [-0.39, 0.29) is 0 Å². The molecule has 0 saturated heterocycles. The number of rotatable bonds is 5. The molecule has 7 aromatic rings. The Morgan fingerprint density at radius 2 is 1.61 bits per heavy atom. The van der Waals surface area contributed by atoms with Gasteiger partial charge in [-0.3, -0.25) is 4.57 Å². The van der Waals surface area contributed by atoms with Gasteiger partial charge < -0.3 is 0 Å². The highest BCUT2D eigenvalue weighted by molar-refractivity contribution is 7.18. The van der Waals surface area contributed by atoms with Gasteiger partial charge in [-0.1, -0.05) is 104 Å². The van der Waals surface area contributed by atoms with Crippen LogP contribution >= 0.6 is 11.3 Å². The molecule has 0 bridgehead atoms. The summed E-state index contributed by atoms with van der Waals surface area (Å²) in [5.74, 6) is 1.49. The molecule has 0 N–H and O–H groups in total. The molecule has 0 aliphatic heterocycles. The van der Waals surface area contributed by atoms with E-state index in [9.17, 15) is 0 Å². The largest absolute Gasteiger partial charge is 0.292 e. The molecule has 0 aliphatic carbocycles. The monoisotopic (exact) mass is 505 g/mol. The Morgan fingerprint density at radius 1 is 0.789 bits per heavy atom. The van der Waals surface area contributed by atoms with Crippen LogP contribution in [-0.2, 0) is 0 Å². The van der Waals surface area contributed by atoms with E-state index in [1.54, 1.807) is 17.4 Å². The summed E-state index contributed by atoms with van der Waals surface area (Å²) in [6.45, 7) is 7.93. The second-order valence-electron chi connectivity index (χ2n) is 9.18. The number of fused-ring (bicyclic) bond motifs is 7. The first-order valence-electron chi connectivity index (χ1n) is 12.5. The van der Waals surface area contributed by atoms with Gasteiger partial charge in [0.1, 0.15) is 5.82 Å². The molecule has 0 saturated carbocycles. The Hall–Kier alpha value is -4.80. The summed E-state index contributed by atoms with van der Waals surface area (Å²) in [6, 6.07) is 31.9. The molecule has 4 heteroatoms. The number of hydrogen-bond acceptors (Lipinski definition) is 3. The third-order valence-corrected chi connectivity index (χ3v) is 7.96. The fourth-order valence-corrected chi connectivity index (χ4v) is 6.26. The molecule has 38 heavy (non-hydrogen) atoms. The highest BCUT2D eigenvalue weighted by Crippen LogP contribution is 2.41. The number of allylic oxidation sites excluding steroid dienone is 4. The van der Waals surface area contributed by atoms with E-state index in [4.69, 9.17) is 9.97 Å². The fourth-order valence-electron chi connectivity index (χ4n) is 5.33. The van der Waals surface area contributed by atoms with Crippen LogP contribution in [0.25, 0.3) is 65.4 Å². The summed E-state index contributed by atoms with van der Waals surface area (Å²) in [6.07, 6.45) is 5.52. The van der Waals surface area contributed by atoms with Crippen molar-refractivity contribution in [2.75, 3.05) is 0 Å². The summed E-state index contributed by atoms with van der Waals surface area (Å²) in [5, 5.41) is 8.31. The molecule has 0 amide bonds. The second kappa shape index (κ2) is 8.94. The van der Waals surface area contributed by atoms with Gasteiger partial charge in [0.25, 0.3) is 0 Å². The van der Waals surface area contributed by atoms with Crippen molar-refractivity contribution in [1.29, 1.82) is 0 Å². The van der Waals surface area contributed by atoms with Crippen LogP contribution in [0.15, 0.2) is 128 Å². The summed E-state index contributed by atoms with van der Waals surface area (Å²) in [7, 11) is 0. The van der Waals surface area contributed by atoms with Crippen molar-refractivity contribution in [2.45, 2.75) is 0 Å². The molecule has 3 aromatic heterocycles. The number of aromatic nitrogens is 3. The van der Waals surface area contributed by atoms with Gasteiger partial charge in [0.15, 0.2) is 5.82 Å². The van der Waals surface area contributed by atoms with Crippen LogP contribution in [0.4, 0.5) is 0 Å². The Labute approximate surface area is 224 Å². The molecule has 0 atom stereocenters.